The quantitative estimate of drug-likeness (QED) is 0.496. The average molecular weight is 464 g/mol. The Hall–Kier alpha value is -3.53. The van der Waals surface area contributed by atoms with Crippen molar-refractivity contribution in [3.63, 3.8) is 0 Å². The van der Waals surface area contributed by atoms with Crippen molar-refractivity contribution in [1.82, 2.24) is 10.5 Å². The minimum absolute atomic E-state index is 0.0256. The lowest BCUT2D eigenvalue weighted by Gasteiger charge is -2.14. The van der Waals surface area contributed by atoms with E-state index in [0.29, 0.717) is 17.1 Å². The molecule has 1 heterocycles. The topological polar surface area (TPSA) is 93.8 Å². The van der Waals surface area contributed by atoms with Crippen molar-refractivity contribution in [2.24, 2.45) is 0 Å². The number of aliphatic hydroxyl groups is 1. The number of carbonyl (C=O) groups is 1. The summed E-state index contributed by atoms with van der Waals surface area (Å²) in [6, 6.07) is 10.8. The Morgan fingerprint density at radius 2 is 1.85 bits per heavy atom. The highest BCUT2D eigenvalue weighted by Crippen LogP contribution is 2.31. The molecule has 0 saturated carbocycles. The van der Waals surface area contributed by atoms with Gasteiger partial charge in [-0.05, 0) is 56.3 Å². The largest absolute Gasteiger partial charge is 0.491 e. The van der Waals surface area contributed by atoms with Crippen molar-refractivity contribution in [3.8, 4) is 11.5 Å². The summed E-state index contributed by atoms with van der Waals surface area (Å²) in [7, 11) is 0. The van der Waals surface area contributed by atoms with Crippen LogP contribution in [0, 0.1) is 13.8 Å². The zero-order valence-corrected chi connectivity index (χ0v) is 18.0. The molecule has 0 aliphatic rings. The van der Waals surface area contributed by atoms with Gasteiger partial charge in [-0.1, -0.05) is 11.2 Å². The number of nitrogens with one attached hydrogen (secondary N) is 1. The van der Waals surface area contributed by atoms with Gasteiger partial charge in [0, 0.05) is 12.1 Å². The van der Waals surface area contributed by atoms with Crippen molar-refractivity contribution in [1.29, 1.82) is 0 Å². The van der Waals surface area contributed by atoms with E-state index in [1.54, 1.807) is 31.2 Å². The van der Waals surface area contributed by atoms with Gasteiger partial charge in [0.25, 0.3) is 5.91 Å². The molecule has 1 unspecified atom stereocenters. The molecule has 0 spiro atoms. The van der Waals surface area contributed by atoms with Gasteiger partial charge < -0.3 is 24.4 Å². The van der Waals surface area contributed by atoms with Crippen molar-refractivity contribution in [3.05, 3.63) is 76.7 Å². The number of aryl methyl sites for hydroxylation is 2. The van der Waals surface area contributed by atoms with E-state index >= 15 is 0 Å². The summed E-state index contributed by atoms with van der Waals surface area (Å²) in [4.78, 5) is 12.3. The van der Waals surface area contributed by atoms with Crippen LogP contribution >= 0.6 is 0 Å². The number of ether oxygens (including phenoxy) is 2. The van der Waals surface area contributed by atoms with Crippen LogP contribution in [0.4, 0.5) is 13.2 Å². The molecule has 0 saturated heterocycles. The minimum atomic E-state index is -4.49. The van der Waals surface area contributed by atoms with E-state index in [4.69, 9.17) is 14.0 Å². The Kier molecular flexibility index (Phi) is 7.59. The molecule has 3 aromatic rings. The maximum absolute atomic E-state index is 12.7. The van der Waals surface area contributed by atoms with Crippen LogP contribution in [-0.2, 0) is 12.8 Å². The summed E-state index contributed by atoms with van der Waals surface area (Å²) in [5, 5.41) is 16.4. The molecule has 1 aromatic heterocycles. The third-order valence-corrected chi connectivity index (χ3v) is 4.78. The van der Waals surface area contributed by atoms with Crippen LogP contribution in [0.2, 0.25) is 0 Å². The maximum atomic E-state index is 12.7. The highest BCUT2D eigenvalue weighted by Gasteiger charge is 2.30. The van der Waals surface area contributed by atoms with Crippen molar-refractivity contribution in [2.75, 3.05) is 13.2 Å². The summed E-state index contributed by atoms with van der Waals surface area (Å²) >= 11 is 0. The number of aromatic nitrogens is 1. The van der Waals surface area contributed by atoms with Crippen LogP contribution < -0.4 is 14.8 Å². The Labute approximate surface area is 188 Å². The fourth-order valence-electron chi connectivity index (χ4n) is 2.89. The lowest BCUT2D eigenvalue weighted by molar-refractivity contribution is -0.137. The summed E-state index contributed by atoms with van der Waals surface area (Å²) in [6.07, 6.45) is -5.60. The monoisotopic (exact) mass is 464 g/mol. The number of amides is 1. The Morgan fingerprint density at radius 1 is 1.12 bits per heavy atom. The van der Waals surface area contributed by atoms with Crippen molar-refractivity contribution < 1.29 is 37.1 Å². The summed E-state index contributed by atoms with van der Waals surface area (Å²) in [5.74, 6) is 0.785. The molecule has 3 rings (SSSR count). The van der Waals surface area contributed by atoms with Crippen LogP contribution in [0.3, 0.4) is 0 Å². The highest BCUT2D eigenvalue weighted by atomic mass is 19.4. The van der Waals surface area contributed by atoms with Gasteiger partial charge >= 0.3 is 6.18 Å². The summed E-state index contributed by atoms with van der Waals surface area (Å²) in [6.45, 7) is 3.48. The van der Waals surface area contributed by atoms with E-state index < -0.39 is 23.8 Å². The molecule has 7 nitrogen and oxygen atoms in total. The number of halogens is 3. The molecular formula is C23H23F3N2O5. The van der Waals surface area contributed by atoms with Crippen molar-refractivity contribution >= 4 is 5.91 Å². The summed E-state index contributed by atoms with van der Waals surface area (Å²) in [5.41, 5.74) is 1.12. The number of hydrogen-bond acceptors (Lipinski definition) is 6. The van der Waals surface area contributed by atoms with Gasteiger partial charge in [0.15, 0.2) is 0 Å². The molecule has 0 fully saturated rings. The number of aliphatic hydroxyl groups excluding tert-OH is 1. The molecule has 176 valence electrons. The van der Waals surface area contributed by atoms with Crippen LogP contribution in [-0.4, -0.2) is 35.4 Å². The van der Waals surface area contributed by atoms with Gasteiger partial charge in [-0.2, -0.15) is 13.2 Å². The number of alkyl halides is 3. The zero-order chi connectivity index (χ0) is 24.0. The number of carbonyl (C=O) groups excluding carboxylic acids is 1. The second-order valence-corrected chi connectivity index (χ2v) is 7.32. The van der Waals surface area contributed by atoms with E-state index in [2.05, 4.69) is 10.5 Å². The molecule has 0 bridgehead atoms. The predicted molar refractivity (Wildman–Crippen MR) is 112 cm³/mol. The number of hydrogen-bond donors (Lipinski definition) is 2. The Bertz CT molecular complexity index is 1060. The lowest BCUT2D eigenvalue weighted by Crippen LogP contribution is -2.35. The Balaban J connectivity index is 1.44. The third-order valence-electron chi connectivity index (χ3n) is 4.78. The van der Waals surface area contributed by atoms with Gasteiger partial charge in [-0.3, -0.25) is 4.79 Å². The summed E-state index contributed by atoms with van der Waals surface area (Å²) < 4.78 is 54.2. The second-order valence-electron chi connectivity index (χ2n) is 7.32. The molecule has 1 atom stereocenters. The molecule has 33 heavy (non-hydrogen) atoms. The predicted octanol–water partition coefficient (Wildman–Crippen LogP) is 4.06. The molecule has 2 aromatic carbocycles. The van der Waals surface area contributed by atoms with Gasteiger partial charge in [0.1, 0.15) is 36.6 Å². The fraction of sp³-hybridized carbons (Fsp3) is 0.304. The van der Waals surface area contributed by atoms with E-state index in [0.717, 1.165) is 23.4 Å². The first kappa shape index (κ1) is 24.1. The van der Waals surface area contributed by atoms with Gasteiger partial charge in [0.2, 0.25) is 0 Å². The van der Waals surface area contributed by atoms with Gasteiger partial charge in [-0.15, -0.1) is 0 Å². The van der Waals surface area contributed by atoms with Crippen LogP contribution in [0.1, 0.15) is 32.9 Å². The van der Waals surface area contributed by atoms with Gasteiger partial charge in [-0.25, -0.2) is 0 Å². The molecule has 2 N–H and O–H groups in total. The van der Waals surface area contributed by atoms with E-state index in [1.807, 2.05) is 6.92 Å². The van der Waals surface area contributed by atoms with E-state index in [1.165, 1.54) is 12.1 Å². The highest BCUT2D eigenvalue weighted by molar-refractivity contribution is 5.94. The average Bonchev–Trinajstić information content (AvgIpc) is 3.11. The molecule has 0 radical (unpaired) electrons. The van der Waals surface area contributed by atoms with E-state index in [9.17, 15) is 23.1 Å². The minimum Gasteiger partial charge on any atom is -0.491 e. The molecule has 1 amide bonds. The smallest absolute Gasteiger partial charge is 0.416 e. The number of nitrogens with zero attached hydrogens (tertiary/aromatic N) is 1. The first-order valence-corrected chi connectivity index (χ1v) is 10.0. The standard InChI is InChI=1S/C23H23F3N2O5/c1-14-21(15(2)33-28-14)13-32-19-8-6-16(7-9-19)22(30)27-11-18(29)12-31-20-5-3-4-17(10-20)23(24,25)26/h3-10,18,29H,11-13H2,1-2H3,(H,27,30). The van der Waals surface area contributed by atoms with Crippen LogP contribution in [0.15, 0.2) is 53.1 Å². The zero-order valence-electron chi connectivity index (χ0n) is 18.0. The maximum Gasteiger partial charge on any atom is 0.416 e. The van der Waals surface area contributed by atoms with Crippen LogP contribution in [0.25, 0.3) is 0 Å². The third kappa shape index (κ3) is 6.72. The van der Waals surface area contributed by atoms with E-state index in [-0.39, 0.29) is 25.5 Å². The number of rotatable bonds is 9. The second kappa shape index (κ2) is 10.4. The fourth-order valence-corrected chi connectivity index (χ4v) is 2.89. The molecule has 10 heteroatoms. The first-order chi connectivity index (χ1) is 15.6. The molecule has 0 aliphatic carbocycles. The normalized spacial score (nSPS) is 12.3. The molecular weight excluding hydrogens is 441 g/mol. The first-order valence-electron chi connectivity index (χ1n) is 10.0. The Morgan fingerprint density at radius 3 is 2.48 bits per heavy atom. The van der Waals surface area contributed by atoms with Crippen LogP contribution in [0.5, 0.6) is 11.5 Å². The van der Waals surface area contributed by atoms with Gasteiger partial charge in [0.05, 0.1) is 16.8 Å². The SMILES string of the molecule is Cc1noc(C)c1COc1ccc(C(=O)NCC(O)COc2cccc(C(F)(F)F)c2)cc1. The number of benzene rings is 2. The lowest BCUT2D eigenvalue weighted by atomic mass is 10.2. The molecule has 0 aliphatic heterocycles. The van der Waals surface area contributed by atoms with Crippen molar-refractivity contribution in [2.45, 2.75) is 32.7 Å².